The van der Waals surface area contributed by atoms with Gasteiger partial charge in [0.1, 0.15) is 6.61 Å². The molecule has 0 aromatic rings. The normalized spacial score (nSPS) is 13.0. The van der Waals surface area contributed by atoms with E-state index in [1.807, 2.05) is 12.2 Å². The minimum atomic E-state index is -0.793. The molecule has 6 heteroatoms. The summed E-state index contributed by atoms with van der Waals surface area (Å²) in [6, 6.07) is 0. The van der Waals surface area contributed by atoms with Crippen molar-refractivity contribution in [3.8, 4) is 0 Å². The molecule has 0 heterocycles. The first-order chi connectivity index (χ1) is 21.4. The van der Waals surface area contributed by atoms with Crippen molar-refractivity contribution in [3.63, 3.8) is 0 Å². The molecule has 0 rings (SSSR count). The van der Waals surface area contributed by atoms with Gasteiger partial charge in [-0.25, -0.2) is 0 Å². The maximum Gasteiger partial charge on any atom is 0.306 e. The number of rotatable bonds is 32. The van der Waals surface area contributed by atoms with Crippen LogP contribution in [0, 0.1) is 5.92 Å². The van der Waals surface area contributed by atoms with Gasteiger partial charge in [0.05, 0.1) is 6.61 Å². The van der Waals surface area contributed by atoms with Gasteiger partial charge in [-0.1, -0.05) is 142 Å². The first kappa shape index (κ1) is 42.0. The third-order valence-corrected chi connectivity index (χ3v) is 8.26. The number of aliphatic hydroxyl groups is 1. The summed E-state index contributed by atoms with van der Waals surface area (Å²) in [7, 11) is 0. The highest BCUT2D eigenvalue weighted by Gasteiger charge is 2.16. The summed E-state index contributed by atoms with van der Waals surface area (Å²) in [5.41, 5.74) is 0. The van der Waals surface area contributed by atoms with Crippen LogP contribution in [0.1, 0.15) is 175 Å². The van der Waals surface area contributed by atoms with Crippen molar-refractivity contribution in [1.29, 1.82) is 0 Å². The Morgan fingerprint density at radius 2 is 1.20 bits per heavy atom. The predicted molar refractivity (Wildman–Crippen MR) is 183 cm³/mol. The fraction of sp³-hybridized carbons (Fsp3) is 0.816. The van der Waals surface area contributed by atoms with Gasteiger partial charge in [-0.3, -0.25) is 14.4 Å². The third-order valence-electron chi connectivity index (χ3n) is 8.26. The second kappa shape index (κ2) is 32.4. The van der Waals surface area contributed by atoms with Gasteiger partial charge < -0.3 is 14.6 Å². The van der Waals surface area contributed by atoms with Crippen molar-refractivity contribution in [3.05, 3.63) is 24.3 Å². The number of carbonyl (C=O) groups excluding carboxylic acids is 3. The molecule has 1 N–H and O–H groups in total. The third kappa shape index (κ3) is 30.1. The molecule has 0 aliphatic carbocycles. The minimum Gasteiger partial charge on any atom is -0.462 e. The van der Waals surface area contributed by atoms with Gasteiger partial charge in [0.2, 0.25) is 0 Å². The van der Waals surface area contributed by atoms with Crippen molar-refractivity contribution in [2.24, 2.45) is 5.92 Å². The van der Waals surface area contributed by atoms with Crippen molar-refractivity contribution in [2.45, 2.75) is 181 Å². The molecule has 0 amide bonds. The molecule has 44 heavy (non-hydrogen) atoms. The van der Waals surface area contributed by atoms with E-state index in [0.29, 0.717) is 19.3 Å². The molecule has 0 aliphatic heterocycles. The zero-order chi connectivity index (χ0) is 32.5. The highest BCUT2D eigenvalue weighted by Crippen LogP contribution is 2.16. The Morgan fingerprint density at radius 1 is 0.659 bits per heavy atom. The largest absolute Gasteiger partial charge is 0.462 e. The number of aliphatic hydroxyl groups excluding tert-OH is 1. The molecule has 0 radical (unpaired) electrons. The number of ketones is 1. The van der Waals surface area contributed by atoms with E-state index >= 15 is 0 Å². The lowest BCUT2D eigenvalue weighted by molar-refractivity contribution is -0.161. The fourth-order valence-corrected chi connectivity index (χ4v) is 5.04. The fourth-order valence-electron chi connectivity index (χ4n) is 5.04. The maximum atomic E-state index is 12.1. The first-order valence-corrected chi connectivity index (χ1v) is 18.2. The molecule has 2 atom stereocenters. The SMILES string of the molecule is CCCCCC(=O)/C=C/C=C\CCCCCCCC(=O)OC[C@H](CO)OC(=O)CCCCCCCCCCCCC(C)CC. The highest BCUT2D eigenvalue weighted by atomic mass is 16.6. The monoisotopic (exact) mass is 621 g/mol. The maximum absolute atomic E-state index is 12.1. The second-order valence-corrected chi connectivity index (χ2v) is 12.6. The second-order valence-electron chi connectivity index (χ2n) is 12.6. The Bertz CT molecular complexity index is 744. The zero-order valence-electron chi connectivity index (χ0n) is 28.8. The summed E-state index contributed by atoms with van der Waals surface area (Å²) in [5.74, 6) is 0.419. The van der Waals surface area contributed by atoms with Gasteiger partial charge in [-0.2, -0.15) is 0 Å². The van der Waals surface area contributed by atoms with E-state index in [9.17, 15) is 19.5 Å². The zero-order valence-corrected chi connectivity index (χ0v) is 28.8. The predicted octanol–water partition coefficient (Wildman–Crippen LogP) is 10.2. The number of unbranched alkanes of at least 4 members (excludes halogenated alkanes) is 16. The van der Waals surface area contributed by atoms with Crippen molar-refractivity contribution < 1.29 is 29.0 Å². The average Bonchev–Trinajstić information content (AvgIpc) is 3.02. The van der Waals surface area contributed by atoms with Gasteiger partial charge in [0, 0.05) is 19.3 Å². The van der Waals surface area contributed by atoms with E-state index in [2.05, 4.69) is 26.8 Å². The van der Waals surface area contributed by atoms with Gasteiger partial charge in [-0.15, -0.1) is 0 Å². The molecule has 0 bridgehead atoms. The quantitative estimate of drug-likeness (QED) is 0.0348. The summed E-state index contributed by atoms with van der Waals surface area (Å²) in [4.78, 5) is 35.8. The first-order valence-electron chi connectivity index (χ1n) is 18.2. The minimum absolute atomic E-state index is 0.0934. The molecule has 0 fully saturated rings. The standard InChI is InChI=1S/C38H68O6/c1-4-6-22-28-35(40)29-24-19-15-11-9-13-16-20-25-30-37(41)43-33-36(32-39)44-38(42)31-26-21-17-12-8-7-10-14-18-23-27-34(3)5-2/h15,19,24,29,34,36,39H,4-14,16-18,20-23,25-28,30-33H2,1-3H3/b19-15-,29-24+/t34?,36-/m0/s1. The number of esters is 2. The summed E-state index contributed by atoms with van der Waals surface area (Å²) in [5, 5.41) is 9.52. The molecule has 0 spiro atoms. The van der Waals surface area contributed by atoms with Crippen LogP contribution in [0.25, 0.3) is 0 Å². The summed E-state index contributed by atoms with van der Waals surface area (Å²) in [6.07, 6.45) is 32.0. The highest BCUT2D eigenvalue weighted by molar-refractivity contribution is 5.89. The van der Waals surface area contributed by atoms with Gasteiger partial charge in [0.25, 0.3) is 0 Å². The van der Waals surface area contributed by atoms with E-state index in [4.69, 9.17) is 9.47 Å². The van der Waals surface area contributed by atoms with Crippen LogP contribution >= 0.6 is 0 Å². The summed E-state index contributed by atoms with van der Waals surface area (Å²) >= 11 is 0. The Morgan fingerprint density at radius 3 is 1.80 bits per heavy atom. The van der Waals surface area contributed by atoms with Crippen LogP contribution in [0.15, 0.2) is 24.3 Å². The summed E-state index contributed by atoms with van der Waals surface area (Å²) in [6.45, 7) is 6.31. The van der Waals surface area contributed by atoms with Crippen LogP contribution in [-0.2, 0) is 23.9 Å². The van der Waals surface area contributed by atoms with Crippen molar-refractivity contribution >= 4 is 17.7 Å². The van der Waals surface area contributed by atoms with Crippen LogP contribution < -0.4 is 0 Å². The number of hydrogen-bond acceptors (Lipinski definition) is 6. The number of hydrogen-bond donors (Lipinski definition) is 1. The molecular weight excluding hydrogens is 552 g/mol. The Hall–Kier alpha value is -1.95. The molecule has 0 aromatic carbocycles. The van der Waals surface area contributed by atoms with E-state index in [1.54, 1.807) is 6.08 Å². The molecule has 0 aliphatic rings. The molecule has 256 valence electrons. The summed E-state index contributed by atoms with van der Waals surface area (Å²) < 4.78 is 10.5. The molecule has 1 unspecified atom stereocenters. The van der Waals surface area contributed by atoms with Crippen LogP contribution in [0.5, 0.6) is 0 Å². The van der Waals surface area contributed by atoms with Crippen LogP contribution in [0.4, 0.5) is 0 Å². The molecule has 0 aromatic heterocycles. The van der Waals surface area contributed by atoms with Crippen LogP contribution in [0.2, 0.25) is 0 Å². The number of ether oxygens (including phenoxy) is 2. The molecule has 0 saturated carbocycles. The van der Waals surface area contributed by atoms with E-state index < -0.39 is 6.10 Å². The Labute approximate surface area is 270 Å². The van der Waals surface area contributed by atoms with Crippen molar-refractivity contribution in [1.82, 2.24) is 0 Å². The lowest BCUT2D eigenvalue weighted by Gasteiger charge is -2.15. The van der Waals surface area contributed by atoms with Crippen LogP contribution in [-0.4, -0.2) is 42.1 Å². The van der Waals surface area contributed by atoms with Gasteiger partial charge in [0.15, 0.2) is 11.9 Å². The van der Waals surface area contributed by atoms with Crippen LogP contribution in [0.3, 0.4) is 0 Å². The number of carbonyl (C=O) groups is 3. The topological polar surface area (TPSA) is 89.9 Å². The smallest absolute Gasteiger partial charge is 0.306 e. The Kier molecular flexibility index (Phi) is 31.0. The molecule has 6 nitrogen and oxygen atoms in total. The Balaban J connectivity index is 3.65. The lowest BCUT2D eigenvalue weighted by Crippen LogP contribution is -2.28. The molecule has 0 saturated heterocycles. The van der Waals surface area contributed by atoms with Gasteiger partial charge in [-0.05, 0) is 44.1 Å². The number of allylic oxidation sites excluding steroid dienone is 4. The van der Waals surface area contributed by atoms with E-state index in [1.165, 1.54) is 57.8 Å². The lowest BCUT2D eigenvalue weighted by atomic mass is 9.99. The van der Waals surface area contributed by atoms with Gasteiger partial charge >= 0.3 is 11.9 Å². The average molecular weight is 621 g/mol. The van der Waals surface area contributed by atoms with E-state index in [0.717, 1.165) is 83.0 Å². The van der Waals surface area contributed by atoms with E-state index in [-0.39, 0.29) is 30.9 Å². The van der Waals surface area contributed by atoms with Crippen molar-refractivity contribution in [2.75, 3.05) is 13.2 Å². The molecular formula is C38H68O6.